The summed E-state index contributed by atoms with van der Waals surface area (Å²) in [5, 5.41) is 10.9. The fraction of sp³-hybridized carbons (Fsp3) is 0.368. The topological polar surface area (TPSA) is 74.0 Å². The molecular weight excluding hydrogens is 320 g/mol. The van der Waals surface area contributed by atoms with Gasteiger partial charge in [-0.25, -0.2) is 0 Å². The van der Waals surface area contributed by atoms with Crippen LogP contribution < -0.4 is 0 Å². The van der Waals surface area contributed by atoms with Crippen molar-refractivity contribution in [3.63, 3.8) is 0 Å². The Morgan fingerprint density at radius 3 is 2.96 bits per heavy atom. The Kier molecular flexibility index (Phi) is 3.65. The van der Waals surface area contributed by atoms with Crippen LogP contribution in [0, 0.1) is 11.3 Å². The van der Waals surface area contributed by atoms with Gasteiger partial charge in [0.15, 0.2) is 0 Å². The van der Waals surface area contributed by atoms with Gasteiger partial charge in [-0.2, -0.15) is 0 Å². The van der Waals surface area contributed by atoms with Gasteiger partial charge in [-0.15, -0.1) is 6.58 Å². The lowest BCUT2D eigenvalue weighted by Gasteiger charge is -2.24. The van der Waals surface area contributed by atoms with Gasteiger partial charge < -0.3 is 14.4 Å². The summed E-state index contributed by atoms with van der Waals surface area (Å²) in [4.78, 5) is 28.3. The summed E-state index contributed by atoms with van der Waals surface area (Å²) in [6.45, 7) is 5.80. The highest BCUT2D eigenvalue weighted by atomic mass is 16.4. The van der Waals surface area contributed by atoms with Crippen molar-refractivity contribution < 1.29 is 19.1 Å². The second-order valence-corrected chi connectivity index (χ2v) is 6.98. The molecule has 25 heavy (non-hydrogen) atoms. The van der Waals surface area contributed by atoms with Crippen molar-refractivity contribution >= 4 is 22.8 Å². The van der Waals surface area contributed by atoms with Crippen LogP contribution in [0.3, 0.4) is 0 Å². The largest absolute Gasteiger partial charge is 0.481 e. The number of nitrogens with zero attached hydrogens (tertiary/aromatic N) is 2. The highest BCUT2D eigenvalue weighted by Gasteiger charge is 2.61. The quantitative estimate of drug-likeness (QED) is 0.843. The molecule has 2 fully saturated rings. The predicted octanol–water partition coefficient (Wildman–Crippen LogP) is 1.96. The number of hydrogen-bond acceptors (Lipinski definition) is 4. The van der Waals surface area contributed by atoms with Crippen LogP contribution in [0.5, 0.6) is 0 Å². The average molecular weight is 340 g/mol. The van der Waals surface area contributed by atoms with Crippen molar-refractivity contribution in [2.45, 2.75) is 6.54 Å². The normalized spacial score (nSPS) is 26.3. The van der Waals surface area contributed by atoms with E-state index in [-0.39, 0.29) is 12.5 Å². The van der Waals surface area contributed by atoms with E-state index in [4.69, 9.17) is 4.42 Å². The van der Waals surface area contributed by atoms with Gasteiger partial charge in [-0.05, 0) is 23.8 Å². The molecule has 4 rings (SSSR count). The first kappa shape index (κ1) is 15.9. The van der Waals surface area contributed by atoms with Gasteiger partial charge >= 0.3 is 5.97 Å². The van der Waals surface area contributed by atoms with Crippen molar-refractivity contribution in [2.75, 3.05) is 26.2 Å². The van der Waals surface area contributed by atoms with Crippen LogP contribution in [0.15, 0.2) is 47.6 Å². The molecule has 3 heterocycles. The average Bonchev–Trinajstić information content (AvgIpc) is 3.24. The molecule has 130 valence electrons. The number of carboxylic acid groups (broad SMARTS) is 1. The number of hydrogen-bond donors (Lipinski definition) is 1. The van der Waals surface area contributed by atoms with Crippen LogP contribution in [0.2, 0.25) is 0 Å². The number of carboxylic acids is 1. The van der Waals surface area contributed by atoms with E-state index >= 15 is 0 Å². The van der Waals surface area contributed by atoms with E-state index in [1.807, 2.05) is 24.3 Å². The van der Waals surface area contributed by atoms with Crippen molar-refractivity contribution in [3.05, 3.63) is 48.7 Å². The first-order chi connectivity index (χ1) is 12.0. The van der Waals surface area contributed by atoms with Crippen molar-refractivity contribution in [1.29, 1.82) is 0 Å². The van der Waals surface area contributed by atoms with Crippen molar-refractivity contribution in [3.8, 4) is 0 Å². The van der Waals surface area contributed by atoms with Crippen LogP contribution >= 0.6 is 0 Å². The molecule has 6 heteroatoms. The van der Waals surface area contributed by atoms with E-state index < -0.39 is 17.3 Å². The highest BCUT2D eigenvalue weighted by molar-refractivity contribution is 5.92. The SMILES string of the molecule is C=CCN1C[C@]2(C(=O)O)CN(Cc3ccc4occc4c3)C[C@@H]2C1=O. The Morgan fingerprint density at radius 2 is 2.24 bits per heavy atom. The van der Waals surface area contributed by atoms with Crippen LogP contribution in [0.4, 0.5) is 0 Å². The number of carbonyl (C=O) groups excluding carboxylic acids is 1. The molecule has 2 aromatic rings. The zero-order valence-electron chi connectivity index (χ0n) is 13.9. The molecule has 0 aliphatic carbocycles. The van der Waals surface area contributed by atoms with Gasteiger partial charge in [0.25, 0.3) is 0 Å². The molecule has 6 nitrogen and oxygen atoms in total. The zero-order chi connectivity index (χ0) is 17.6. The Labute approximate surface area is 145 Å². The number of carbonyl (C=O) groups is 2. The zero-order valence-corrected chi connectivity index (χ0v) is 13.9. The van der Waals surface area contributed by atoms with Gasteiger partial charge in [-0.1, -0.05) is 12.1 Å². The van der Waals surface area contributed by atoms with Crippen molar-refractivity contribution in [2.24, 2.45) is 11.3 Å². The molecule has 2 saturated heterocycles. The summed E-state index contributed by atoms with van der Waals surface area (Å²) < 4.78 is 5.35. The third-order valence-corrected chi connectivity index (χ3v) is 5.39. The molecule has 0 bridgehead atoms. The number of amides is 1. The number of furan rings is 1. The predicted molar refractivity (Wildman–Crippen MR) is 91.8 cm³/mol. The molecular formula is C19H20N2O4. The van der Waals surface area contributed by atoms with Crippen LogP contribution in [0.25, 0.3) is 11.0 Å². The van der Waals surface area contributed by atoms with Crippen molar-refractivity contribution in [1.82, 2.24) is 9.80 Å². The highest BCUT2D eigenvalue weighted by Crippen LogP contribution is 2.44. The minimum Gasteiger partial charge on any atom is -0.481 e. The number of benzene rings is 1. The maximum atomic E-state index is 12.6. The van der Waals surface area contributed by atoms with Crippen LogP contribution in [-0.2, 0) is 16.1 Å². The second-order valence-electron chi connectivity index (χ2n) is 6.98. The smallest absolute Gasteiger partial charge is 0.313 e. The monoisotopic (exact) mass is 340 g/mol. The fourth-order valence-corrected chi connectivity index (χ4v) is 4.21. The lowest BCUT2D eigenvalue weighted by atomic mass is 9.81. The molecule has 1 aromatic carbocycles. The molecule has 0 saturated carbocycles. The lowest BCUT2D eigenvalue weighted by molar-refractivity contribution is -0.149. The van der Waals surface area contributed by atoms with Gasteiger partial charge in [0, 0.05) is 38.1 Å². The third-order valence-electron chi connectivity index (χ3n) is 5.39. The van der Waals surface area contributed by atoms with E-state index in [0.717, 1.165) is 16.5 Å². The van der Waals surface area contributed by atoms with Gasteiger partial charge in [0.05, 0.1) is 12.2 Å². The summed E-state index contributed by atoms with van der Waals surface area (Å²) in [6.07, 6.45) is 3.30. The molecule has 1 N–H and O–H groups in total. The Hall–Kier alpha value is -2.60. The fourth-order valence-electron chi connectivity index (χ4n) is 4.21. The molecule has 0 radical (unpaired) electrons. The van der Waals surface area contributed by atoms with Gasteiger partial charge in [0.1, 0.15) is 11.0 Å². The van der Waals surface area contributed by atoms with Gasteiger partial charge in [-0.3, -0.25) is 14.5 Å². The summed E-state index contributed by atoms with van der Waals surface area (Å²) in [7, 11) is 0. The standard InChI is InChI=1S/C19H20N2O4/c1-2-6-21-12-19(18(23)24)11-20(10-15(19)17(21)22)9-13-3-4-16-14(8-13)5-7-25-16/h2-5,7-8,15H,1,6,9-12H2,(H,23,24)/t15-,19-/m1/s1. The number of rotatable bonds is 5. The molecule has 2 aliphatic heterocycles. The number of aliphatic carboxylic acids is 1. The van der Waals surface area contributed by atoms with Gasteiger partial charge in [0.2, 0.25) is 5.91 Å². The Morgan fingerprint density at radius 1 is 1.40 bits per heavy atom. The molecule has 2 atom stereocenters. The van der Waals surface area contributed by atoms with Crippen LogP contribution in [0.1, 0.15) is 5.56 Å². The molecule has 2 aliphatic rings. The third kappa shape index (κ3) is 2.44. The maximum absolute atomic E-state index is 12.6. The summed E-state index contributed by atoms with van der Waals surface area (Å²) in [6, 6.07) is 7.86. The lowest BCUT2D eigenvalue weighted by Crippen LogP contribution is -2.40. The van der Waals surface area contributed by atoms with E-state index in [1.165, 1.54) is 0 Å². The van der Waals surface area contributed by atoms with Crippen LogP contribution in [-0.4, -0.2) is 53.0 Å². The molecule has 0 spiro atoms. The van der Waals surface area contributed by atoms with E-state index in [2.05, 4.69) is 11.5 Å². The summed E-state index contributed by atoms with van der Waals surface area (Å²) >= 11 is 0. The Bertz CT molecular complexity index is 858. The van der Waals surface area contributed by atoms with E-state index in [1.54, 1.807) is 17.2 Å². The minimum absolute atomic E-state index is 0.0740. The van der Waals surface area contributed by atoms with E-state index in [9.17, 15) is 14.7 Å². The first-order valence-corrected chi connectivity index (χ1v) is 8.35. The second kappa shape index (κ2) is 5.74. The maximum Gasteiger partial charge on any atom is 0.313 e. The van der Waals surface area contributed by atoms with E-state index in [0.29, 0.717) is 26.2 Å². The number of likely N-dealkylation sites (tertiary alicyclic amines) is 2. The molecule has 1 amide bonds. The summed E-state index contributed by atoms with van der Waals surface area (Å²) in [5.74, 6) is -1.44. The first-order valence-electron chi connectivity index (χ1n) is 8.35. The summed E-state index contributed by atoms with van der Waals surface area (Å²) in [5.41, 5.74) is 0.906. The Balaban J connectivity index is 1.55. The number of fused-ring (bicyclic) bond motifs is 2. The minimum atomic E-state index is -1.01. The molecule has 1 aromatic heterocycles. The molecule has 0 unspecified atom stereocenters.